The van der Waals surface area contributed by atoms with Crippen LogP contribution in [0.5, 0.6) is 0 Å². The van der Waals surface area contributed by atoms with Crippen molar-refractivity contribution >= 4 is 12.3 Å². The van der Waals surface area contributed by atoms with Gasteiger partial charge >= 0.3 is 5.97 Å². The van der Waals surface area contributed by atoms with E-state index in [-0.39, 0.29) is 5.76 Å². The molecule has 0 radical (unpaired) electrons. The molecule has 0 N–H and O–H groups in total. The van der Waals surface area contributed by atoms with Crippen molar-refractivity contribution in [3.63, 3.8) is 0 Å². The molecule has 2 rings (SSSR count). The quantitative estimate of drug-likeness (QED) is 0.580. The fraction of sp³-hybridized carbons (Fsp3) is 0.500. The third kappa shape index (κ3) is 1.75. The summed E-state index contributed by atoms with van der Waals surface area (Å²) in [6, 6.07) is 0. The van der Waals surface area contributed by atoms with E-state index in [0.29, 0.717) is 24.4 Å². The van der Waals surface area contributed by atoms with Gasteiger partial charge in [0.2, 0.25) is 0 Å². The largest absolute Gasteiger partial charge is 0.462 e. The zero-order chi connectivity index (χ0) is 11.5. The smallest absolute Gasteiger partial charge is 0.342 e. The van der Waals surface area contributed by atoms with Crippen LogP contribution < -0.4 is 0 Å². The van der Waals surface area contributed by atoms with Crippen molar-refractivity contribution in [3.05, 3.63) is 23.2 Å². The number of rotatable bonds is 4. The lowest BCUT2D eigenvalue weighted by molar-refractivity contribution is 0.0520. The number of furan rings is 1. The number of hydrogen-bond acceptors (Lipinski definition) is 4. The molecule has 0 amide bonds. The number of esters is 1. The predicted molar refractivity (Wildman–Crippen MR) is 56.6 cm³/mol. The highest BCUT2D eigenvalue weighted by Crippen LogP contribution is 2.39. The molecule has 86 valence electrons. The standard InChI is InChI=1S/C12H14O4/c1-2-15-12(14)11-9(8-4-3-5-8)7-16-10(11)6-13/h6-8H,2-5H2,1H3. The summed E-state index contributed by atoms with van der Waals surface area (Å²) in [6.07, 6.45) is 5.33. The summed E-state index contributed by atoms with van der Waals surface area (Å²) in [5.74, 6) is -0.0301. The van der Waals surface area contributed by atoms with E-state index >= 15 is 0 Å². The summed E-state index contributed by atoms with van der Waals surface area (Å²) in [4.78, 5) is 22.5. The third-order valence-electron chi connectivity index (χ3n) is 2.98. The van der Waals surface area contributed by atoms with Crippen molar-refractivity contribution in [2.24, 2.45) is 0 Å². The highest BCUT2D eigenvalue weighted by Gasteiger charge is 2.30. The summed E-state index contributed by atoms with van der Waals surface area (Å²) < 4.78 is 10.0. The summed E-state index contributed by atoms with van der Waals surface area (Å²) in [5, 5.41) is 0. The first kappa shape index (κ1) is 10.9. The van der Waals surface area contributed by atoms with Gasteiger partial charge in [0.05, 0.1) is 12.9 Å². The van der Waals surface area contributed by atoms with E-state index in [9.17, 15) is 9.59 Å². The molecule has 0 aliphatic heterocycles. The number of aldehydes is 1. The first-order valence-corrected chi connectivity index (χ1v) is 5.51. The van der Waals surface area contributed by atoms with Crippen LogP contribution in [-0.4, -0.2) is 18.9 Å². The molecule has 0 unspecified atom stereocenters. The second-order valence-corrected chi connectivity index (χ2v) is 3.90. The average molecular weight is 222 g/mol. The molecule has 1 aliphatic carbocycles. The normalized spacial score (nSPS) is 15.6. The molecule has 4 heteroatoms. The highest BCUT2D eigenvalue weighted by molar-refractivity contribution is 5.98. The molecule has 1 saturated carbocycles. The van der Waals surface area contributed by atoms with Crippen molar-refractivity contribution < 1.29 is 18.7 Å². The molecule has 0 aromatic carbocycles. The van der Waals surface area contributed by atoms with Crippen LogP contribution in [0.25, 0.3) is 0 Å². The molecule has 0 saturated heterocycles. The Bertz CT molecular complexity index is 401. The van der Waals surface area contributed by atoms with E-state index in [1.54, 1.807) is 6.92 Å². The highest BCUT2D eigenvalue weighted by atomic mass is 16.5. The van der Waals surface area contributed by atoms with Crippen molar-refractivity contribution in [3.8, 4) is 0 Å². The molecule has 1 aliphatic rings. The molecule has 1 fully saturated rings. The van der Waals surface area contributed by atoms with Crippen molar-refractivity contribution in [2.45, 2.75) is 32.1 Å². The lowest BCUT2D eigenvalue weighted by atomic mass is 9.79. The molecule has 0 atom stereocenters. The summed E-state index contributed by atoms with van der Waals surface area (Å²) >= 11 is 0. The Morgan fingerprint density at radius 1 is 1.62 bits per heavy atom. The second-order valence-electron chi connectivity index (χ2n) is 3.90. The van der Waals surface area contributed by atoms with Gasteiger partial charge in [-0.05, 0) is 25.7 Å². The van der Waals surface area contributed by atoms with Crippen molar-refractivity contribution in [2.75, 3.05) is 6.61 Å². The summed E-state index contributed by atoms with van der Waals surface area (Å²) in [6.45, 7) is 2.04. The van der Waals surface area contributed by atoms with Crippen LogP contribution in [0.2, 0.25) is 0 Å². The molecule has 1 aromatic heterocycles. The van der Waals surface area contributed by atoms with Crippen molar-refractivity contribution in [1.29, 1.82) is 0 Å². The minimum Gasteiger partial charge on any atom is -0.462 e. The molecular weight excluding hydrogens is 208 g/mol. The van der Waals surface area contributed by atoms with Gasteiger partial charge in [-0.3, -0.25) is 4.79 Å². The topological polar surface area (TPSA) is 56.5 Å². The predicted octanol–water partition coefficient (Wildman–Crippen LogP) is 2.54. The van der Waals surface area contributed by atoms with Crippen LogP contribution in [-0.2, 0) is 4.74 Å². The van der Waals surface area contributed by atoms with Gasteiger partial charge in [0.1, 0.15) is 5.56 Å². The molecular formula is C12H14O4. The van der Waals surface area contributed by atoms with E-state index in [2.05, 4.69) is 0 Å². The maximum Gasteiger partial charge on any atom is 0.342 e. The van der Waals surface area contributed by atoms with Crippen molar-refractivity contribution in [1.82, 2.24) is 0 Å². The van der Waals surface area contributed by atoms with E-state index in [1.807, 2.05) is 0 Å². The van der Waals surface area contributed by atoms with E-state index in [1.165, 1.54) is 6.26 Å². The van der Waals surface area contributed by atoms with E-state index < -0.39 is 5.97 Å². The second kappa shape index (κ2) is 4.51. The Balaban J connectivity index is 2.33. The lowest BCUT2D eigenvalue weighted by Gasteiger charge is -2.24. The number of carbonyl (C=O) groups excluding carboxylic acids is 2. The fourth-order valence-electron chi connectivity index (χ4n) is 1.92. The monoisotopic (exact) mass is 222 g/mol. The minimum absolute atomic E-state index is 0.0837. The van der Waals surface area contributed by atoms with Crippen LogP contribution in [0.4, 0.5) is 0 Å². The zero-order valence-electron chi connectivity index (χ0n) is 9.19. The summed E-state index contributed by atoms with van der Waals surface area (Å²) in [7, 11) is 0. The first-order valence-electron chi connectivity index (χ1n) is 5.51. The number of hydrogen-bond donors (Lipinski definition) is 0. The SMILES string of the molecule is CCOC(=O)c1c(C2CCC2)coc1C=O. The van der Waals surface area contributed by atoms with Crippen LogP contribution in [0, 0.1) is 0 Å². The van der Waals surface area contributed by atoms with Gasteiger partial charge in [-0.15, -0.1) is 0 Å². The Morgan fingerprint density at radius 3 is 2.88 bits per heavy atom. The summed E-state index contributed by atoms with van der Waals surface area (Å²) in [5.41, 5.74) is 1.15. The maximum absolute atomic E-state index is 11.7. The minimum atomic E-state index is -0.458. The van der Waals surface area contributed by atoms with Gasteiger partial charge in [-0.25, -0.2) is 4.79 Å². The molecule has 0 bridgehead atoms. The van der Waals surface area contributed by atoms with Gasteiger partial charge in [0, 0.05) is 5.56 Å². The molecule has 0 spiro atoms. The Morgan fingerprint density at radius 2 is 2.38 bits per heavy atom. The van der Waals surface area contributed by atoms with Gasteiger partial charge in [0.25, 0.3) is 0 Å². The fourth-order valence-corrected chi connectivity index (χ4v) is 1.92. The number of carbonyl (C=O) groups is 2. The molecule has 4 nitrogen and oxygen atoms in total. The maximum atomic E-state index is 11.7. The van der Waals surface area contributed by atoms with Gasteiger partial charge < -0.3 is 9.15 Å². The van der Waals surface area contributed by atoms with Crippen LogP contribution >= 0.6 is 0 Å². The van der Waals surface area contributed by atoms with Crippen LogP contribution in [0.1, 0.15) is 58.6 Å². The Kier molecular flexibility index (Phi) is 3.08. The third-order valence-corrected chi connectivity index (χ3v) is 2.98. The molecule has 16 heavy (non-hydrogen) atoms. The Hall–Kier alpha value is -1.58. The van der Waals surface area contributed by atoms with Gasteiger partial charge in [0.15, 0.2) is 12.0 Å². The molecule has 1 aromatic rings. The lowest BCUT2D eigenvalue weighted by Crippen LogP contribution is -2.14. The molecule has 1 heterocycles. The average Bonchev–Trinajstić information content (AvgIpc) is 2.59. The van der Waals surface area contributed by atoms with Crippen LogP contribution in [0.3, 0.4) is 0 Å². The van der Waals surface area contributed by atoms with E-state index in [0.717, 1.165) is 24.8 Å². The zero-order valence-corrected chi connectivity index (χ0v) is 9.19. The Labute approximate surface area is 93.6 Å². The van der Waals surface area contributed by atoms with E-state index in [4.69, 9.17) is 9.15 Å². The number of ether oxygens (including phenoxy) is 1. The first-order chi connectivity index (χ1) is 7.77. The van der Waals surface area contributed by atoms with Crippen LogP contribution in [0.15, 0.2) is 10.7 Å². The van der Waals surface area contributed by atoms with Gasteiger partial charge in [-0.2, -0.15) is 0 Å². The van der Waals surface area contributed by atoms with Gasteiger partial charge in [-0.1, -0.05) is 6.42 Å².